The van der Waals surface area contributed by atoms with E-state index < -0.39 is 35.3 Å². The maximum Gasteiger partial charge on any atom is 0.431 e. The number of nitrogens with one attached hydrogen (secondary N) is 1. The molecule has 0 aromatic carbocycles. The van der Waals surface area contributed by atoms with E-state index in [2.05, 4.69) is 15.4 Å². The number of hydrogen-bond acceptors (Lipinski definition) is 4. The average Bonchev–Trinajstić information content (AvgIpc) is 3.42. The first-order chi connectivity index (χ1) is 16.3. The van der Waals surface area contributed by atoms with E-state index in [9.17, 15) is 26.7 Å². The normalized spacial score (nSPS) is 19.5. The van der Waals surface area contributed by atoms with Crippen molar-refractivity contribution in [3.05, 3.63) is 52.7 Å². The summed E-state index contributed by atoms with van der Waals surface area (Å²) in [6.07, 6.45) is -5.20. The van der Waals surface area contributed by atoms with Crippen molar-refractivity contribution in [3.63, 3.8) is 0 Å². The van der Waals surface area contributed by atoms with Gasteiger partial charge in [-0.3, -0.25) is 4.79 Å². The summed E-state index contributed by atoms with van der Waals surface area (Å²) in [6, 6.07) is 3.87. The van der Waals surface area contributed by atoms with Crippen molar-refractivity contribution in [1.82, 2.24) is 29.4 Å². The molecule has 35 heavy (non-hydrogen) atoms. The maximum atomic E-state index is 13.7. The molecule has 2 aliphatic rings. The van der Waals surface area contributed by atoms with Crippen LogP contribution in [0.5, 0.6) is 0 Å². The molecule has 12 heteroatoms. The second-order valence-electron chi connectivity index (χ2n) is 9.89. The fourth-order valence-electron chi connectivity index (χ4n) is 5.35. The first-order valence-electron chi connectivity index (χ1n) is 11.3. The third-order valence-electron chi connectivity index (χ3n) is 7.11. The van der Waals surface area contributed by atoms with Gasteiger partial charge in [-0.25, -0.2) is 18.3 Å². The van der Waals surface area contributed by atoms with Crippen LogP contribution in [0.3, 0.4) is 0 Å². The summed E-state index contributed by atoms with van der Waals surface area (Å²) in [4.78, 5) is 19.1. The van der Waals surface area contributed by atoms with E-state index in [-0.39, 0.29) is 30.0 Å². The number of aryl methyl sites for hydroxylation is 1. The van der Waals surface area contributed by atoms with Gasteiger partial charge in [0, 0.05) is 31.0 Å². The summed E-state index contributed by atoms with van der Waals surface area (Å²) in [7, 11) is 0. The highest BCUT2D eigenvalue weighted by Crippen LogP contribution is 2.44. The van der Waals surface area contributed by atoms with Gasteiger partial charge in [-0.1, -0.05) is 0 Å². The van der Waals surface area contributed by atoms with Gasteiger partial charge in [-0.2, -0.15) is 18.3 Å². The molecule has 1 saturated heterocycles. The van der Waals surface area contributed by atoms with E-state index in [1.54, 1.807) is 25.7 Å². The van der Waals surface area contributed by atoms with Crippen LogP contribution in [0.4, 0.5) is 22.0 Å². The molecule has 7 nitrogen and oxygen atoms in total. The number of piperidine rings is 1. The molecule has 0 saturated carbocycles. The van der Waals surface area contributed by atoms with Crippen molar-refractivity contribution in [1.29, 1.82) is 0 Å². The Bertz CT molecular complexity index is 1300. The molecule has 0 bridgehead atoms. The molecule has 0 atom stereocenters. The number of fused-ring (bicyclic) bond motifs is 3. The zero-order chi connectivity index (χ0) is 25.3. The fourth-order valence-corrected chi connectivity index (χ4v) is 5.35. The molecule has 1 N–H and O–H groups in total. The Morgan fingerprint density at radius 3 is 2.49 bits per heavy atom. The summed E-state index contributed by atoms with van der Waals surface area (Å²) in [5, 5.41) is 7.41. The van der Waals surface area contributed by atoms with Gasteiger partial charge in [-0.05, 0) is 51.8 Å². The van der Waals surface area contributed by atoms with Crippen molar-refractivity contribution in [2.45, 2.75) is 57.3 Å². The Morgan fingerprint density at radius 1 is 1.17 bits per heavy atom. The quantitative estimate of drug-likeness (QED) is 0.539. The predicted molar refractivity (Wildman–Crippen MR) is 116 cm³/mol. The molecular formula is C23H25F5N6O. The molecule has 0 aliphatic carbocycles. The Balaban J connectivity index is 1.43. The Kier molecular flexibility index (Phi) is 5.24. The van der Waals surface area contributed by atoms with Crippen LogP contribution in [-0.2, 0) is 17.3 Å². The SMILES string of the molecule is Cc1cc(C(F)F)n2ncc(C(=O)N3CCC4(CC3)NCC(C)(C)n3c(C(F)(F)F)ccc34)c2n1. The number of carbonyl (C=O) groups is 1. The summed E-state index contributed by atoms with van der Waals surface area (Å²) < 4.78 is 70.4. The molecule has 1 fully saturated rings. The van der Waals surface area contributed by atoms with Gasteiger partial charge in [0.25, 0.3) is 12.3 Å². The minimum Gasteiger partial charge on any atom is -0.338 e. The van der Waals surface area contributed by atoms with Crippen molar-refractivity contribution in [3.8, 4) is 0 Å². The van der Waals surface area contributed by atoms with E-state index in [1.165, 1.54) is 22.9 Å². The first kappa shape index (κ1) is 23.7. The summed E-state index contributed by atoms with van der Waals surface area (Å²) in [6.45, 7) is 6.00. The summed E-state index contributed by atoms with van der Waals surface area (Å²) in [5.41, 5.74) is -1.42. The van der Waals surface area contributed by atoms with E-state index in [1.807, 2.05) is 0 Å². The molecule has 188 valence electrons. The zero-order valence-corrected chi connectivity index (χ0v) is 19.5. The smallest absolute Gasteiger partial charge is 0.338 e. The molecule has 5 heterocycles. The zero-order valence-electron chi connectivity index (χ0n) is 19.5. The van der Waals surface area contributed by atoms with Crippen LogP contribution in [0.15, 0.2) is 24.4 Å². The van der Waals surface area contributed by atoms with Crippen molar-refractivity contribution in [2.24, 2.45) is 0 Å². The van der Waals surface area contributed by atoms with E-state index >= 15 is 0 Å². The van der Waals surface area contributed by atoms with Gasteiger partial charge in [0.2, 0.25) is 0 Å². The lowest BCUT2D eigenvalue weighted by Crippen LogP contribution is -2.61. The second-order valence-corrected chi connectivity index (χ2v) is 9.89. The summed E-state index contributed by atoms with van der Waals surface area (Å²) in [5.74, 6) is -0.393. The number of hydrogen-bond donors (Lipinski definition) is 1. The largest absolute Gasteiger partial charge is 0.431 e. The van der Waals surface area contributed by atoms with Gasteiger partial charge >= 0.3 is 6.18 Å². The third kappa shape index (κ3) is 3.69. The number of halogens is 5. The molecule has 5 rings (SSSR count). The molecule has 0 radical (unpaired) electrons. The average molecular weight is 496 g/mol. The van der Waals surface area contributed by atoms with Gasteiger partial charge in [0.15, 0.2) is 5.65 Å². The Morgan fingerprint density at radius 2 is 1.86 bits per heavy atom. The fraction of sp³-hybridized carbons (Fsp3) is 0.522. The summed E-state index contributed by atoms with van der Waals surface area (Å²) >= 11 is 0. The van der Waals surface area contributed by atoms with Crippen LogP contribution >= 0.6 is 0 Å². The van der Waals surface area contributed by atoms with Gasteiger partial charge in [0.1, 0.15) is 17.0 Å². The number of nitrogens with zero attached hydrogens (tertiary/aromatic N) is 5. The van der Waals surface area contributed by atoms with Crippen molar-refractivity contribution in [2.75, 3.05) is 19.6 Å². The number of carbonyl (C=O) groups excluding carboxylic acids is 1. The minimum atomic E-state index is -4.48. The number of likely N-dealkylation sites (tertiary alicyclic amines) is 1. The predicted octanol–water partition coefficient (Wildman–Crippen LogP) is 4.27. The van der Waals surface area contributed by atoms with Crippen LogP contribution in [0.2, 0.25) is 0 Å². The number of rotatable bonds is 2. The molecule has 1 amide bonds. The van der Waals surface area contributed by atoms with Gasteiger partial charge < -0.3 is 14.8 Å². The standard InChI is InChI=1S/C23H25F5N6O/c1-13-10-15(18(24)25)34-19(31-13)14(11-30-34)20(35)32-8-6-22(7-9-32)16-4-5-17(23(26,27)28)33(16)21(2,3)12-29-22/h4-5,10-11,18,29H,6-9,12H2,1-3H3. The van der Waals surface area contributed by atoms with E-state index in [0.29, 0.717) is 30.8 Å². The molecule has 3 aromatic rings. The Labute approximate surface area is 197 Å². The third-order valence-corrected chi connectivity index (χ3v) is 7.11. The number of amides is 1. The van der Waals surface area contributed by atoms with E-state index in [0.717, 1.165) is 10.6 Å². The number of aromatic nitrogens is 4. The van der Waals surface area contributed by atoms with Crippen LogP contribution < -0.4 is 5.32 Å². The minimum absolute atomic E-state index is 0.0619. The highest BCUT2D eigenvalue weighted by atomic mass is 19.4. The maximum absolute atomic E-state index is 13.7. The molecule has 1 spiro atoms. The van der Waals surface area contributed by atoms with Gasteiger partial charge in [-0.15, -0.1) is 0 Å². The molecule has 2 aliphatic heterocycles. The van der Waals surface area contributed by atoms with Crippen LogP contribution in [0.1, 0.15) is 66.2 Å². The lowest BCUT2D eigenvalue weighted by atomic mass is 9.80. The molecule has 0 unspecified atom stereocenters. The number of alkyl halides is 5. The molecule has 3 aromatic heterocycles. The van der Waals surface area contributed by atoms with Crippen LogP contribution in [0.25, 0.3) is 5.65 Å². The van der Waals surface area contributed by atoms with Crippen LogP contribution in [-0.4, -0.2) is 49.6 Å². The Hall–Kier alpha value is -3.02. The van der Waals surface area contributed by atoms with Gasteiger partial charge in [0.05, 0.1) is 17.3 Å². The lowest BCUT2D eigenvalue weighted by molar-refractivity contribution is -0.146. The van der Waals surface area contributed by atoms with Crippen LogP contribution in [0, 0.1) is 6.92 Å². The highest BCUT2D eigenvalue weighted by molar-refractivity contribution is 5.99. The second kappa shape index (κ2) is 7.74. The highest BCUT2D eigenvalue weighted by Gasteiger charge is 2.49. The van der Waals surface area contributed by atoms with Crippen molar-refractivity contribution < 1.29 is 26.7 Å². The monoisotopic (exact) mass is 496 g/mol. The molecular weight excluding hydrogens is 471 g/mol. The first-order valence-corrected chi connectivity index (χ1v) is 11.3. The van der Waals surface area contributed by atoms with Crippen molar-refractivity contribution >= 4 is 11.6 Å². The van der Waals surface area contributed by atoms with E-state index in [4.69, 9.17) is 0 Å². The topological polar surface area (TPSA) is 67.5 Å². The lowest BCUT2D eigenvalue weighted by Gasteiger charge is -2.50.